The van der Waals surface area contributed by atoms with Crippen molar-refractivity contribution in [2.45, 2.75) is 6.42 Å². The molecule has 0 saturated carbocycles. The molecular weight excluding hydrogens is 318 g/mol. The zero-order valence-corrected chi connectivity index (χ0v) is 12.5. The van der Waals surface area contributed by atoms with Crippen molar-refractivity contribution in [2.75, 3.05) is 17.0 Å². The van der Waals surface area contributed by atoms with E-state index in [9.17, 15) is 4.79 Å². The van der Waals surface area contributed by atoms with Gasteiger partial charge in [0.1, 0.15) is 11.3 Å². The van der Waals surface area contributed by atoms with Crippen LogP contribution in [0.25, 0.3) is 0 Å². The van der Waals surface area contributed by atoms with Crippen molar-refractivity contribution in [3.63, 3.8) is 0 Å². The number of anilines is 1. The Labute approximate surface area is 126 Å². The van der Waals surface area contributed by atoms with E-state index in [2.05, 4.69) is 22.0 Å². The van der Waals surface area contributed by atoms with Crippen molar-refractivity contribution in [2.24, 2.45) is 0 Å². The maximum absolute atomic E-state index is 12.7. The molecule has 4 heteroatoms. The summed E-state index contributed by atoms with van der Waals surface area (Å²) in [6.45, 7) is 0.723. The van der Waals surface area contributed by atoms with Crippen LogP contribution in [-0.2, 0) is 6.42 Å². The average molecular weight is 332 g/mol. The van der Waals surface area contributed by atoms with Crippen LogP contribution in [0.1, 0.15) is 15.9 Å². The molecule has 102 valence electrons. The van der Waals surface area contributed by atoms with Gasteiger partial charge in [-0.3, -0.25) is 4.79 Å². The summed E-state index contributed by atoms with van der Waals surface area (Å²) < 4.78 is 5.47. The number of para-hydroxylation sites is 2. The number of nitrogens with zero attached hydrogens (tertiary/aromatic N) is 1. The second-order valence-electron chi connectivity index (χ2n) is 4.59. The Bertz CT molecular complexity index is 642. The van der Waals surface area contributed by atoms with E-state index < -0.39 is 0 Å². The molecule has 0 unspecified atom stereocenters. The fraction of sp³-hybridized carbons (Fsp3) is 0.188. The molecular formula is C16H14BrNO2. The maximum atomic E-state index is 12.7. The molecule has 0 N–H and O–H groups in total. The van der Waals surface area contributed by atoms with Gasteiger partial charge in [-0.05, 0) is 46.1 Å². The molecule has 0 saturated heterocycles. The van der Waals surface area contributed by atoms with Crippen molar-refractivity contribution in [1.82, 2.24) is 0 Å². The topological polar surface area (TPSA) is 29.5 Å². The molecule has 0 fully saturated rings. The van der Waals surface area contributed by atoms with Gasteiger partial charge in [-0.1, -0.05) is 30.3 Å². The standard InChI is InChI=1S/C16H14BrNO2/c17-11-20-15-8-4-2-6-13(15)16(19)18-10-9-12-5-1-3-7-14(12)18/h1-8H,9-11H2. The van der Waals surface area contributed by atoms with E-state index in [0.717, 1.165) is 18.7 Å². The normalized spacial score (nSPS) is 13.2. The molecule has 1 heterocycles. The minimum Gasteiger partial charge on any atom is -0.482 e. The molecule has 0 aliphatic carbocycles. The smallest absolute Gasteiger partial charge is 0.262 e. The summed E-state index contributed by atoms with van der Waals surface area (Å²) in [6.07, 6.45) is 0.906. The Hall–Kier alpha value is -1.81. The van der Waals surface area contributed by atoms with Crippen LogP contribution in [0.5, 0.6) is 5.75 Å². The van der Waals surface area contributed by atoms with Crippen molar-refractivity contribution < 1.29 is 9.53 Å². The number of rotatable bonds is 3. The number of hydrogen-bond acceptors (Lipinski definition) is 2. The zero-order valence-electron chi connectivity index (χ0n) is 10.9. The summed E-state index contributed by atoms with van der Waals surface area (Å²) in [5.74, 6) is 0.602. The lowest BCUT2D eigenvalue weighted by Gasteiger charge is -2.19. The van der Waals surface area contributed by atoms with Gasteiger partial charge in [0.05, 0.1) is 5.56 Å². The number of fused-ring (bicyclic) bond motifs is 1. The lowest BCUT2D eigenvalue weighted by molar-refractivity contribution is 0.0986. The fourth-order valence-electron chi connectivity index (χ4n) is 2.52. The van der Waals surface area contributed by atoms with Gasteiger partial charge >= 0.3 is 0 Å². The highest BCUT2D eigenvalue weighted by Crippen LogP contribution is 2.30. The van der Waals surface area contributed by atoms with Crippen molar-refractivity contribution in [1.29, 1.82) is 0 Å². The second kappa shape index (κ2) is 5.67. The number of alkyl halides is 1. The van der Waals surface area contributed by atoms with Crippen LogP contribution in [-0.4, -0.2) is 18.0 Å². The predicted molar refractivity (Wildman–Crippen MR) is 82.7 cm³/mol. The summed E-state index contributed by atoms with van der Waals surface area (Å²) in [6, 6.07) is 15.4. The Balaban J connectivity index is 1.95. The molecule has 20 heavy (non-hydrogen) atoms. The van der Waals surface area contributed by atoms with Gasteiger partial charge in [0.25, 0.3) is 5.91 Å². The Morgan fingerprint density at radius 3 is 2.75 bits per heavy atom. The first-order valence-corrected chi connectivity index (χ1v) is 7.61. The third kappa shape index (κ3) is 2.31. The molecule has 1 aliphatic heterocycles. The first-order chi connectivity index (χ1) is 9.81. The monoisotopic (exact) mass is 331 g/mol. The van der Waals surface area contributed by atoms with Crippen LogP contribution in [0.3, 0.4) is 0 Å². The number of amides is 1. The maximum Gasteiger partial charge on any atom is 0.262 e. The molecule has 3 nitrogen and oxygen atoms in total. The summed E-state index contributed by atoms with van der Waals surface area (Å²) >= 11 is 3.23. The van der Waals surface area contributed by atoms with Crippen LogP contribution in [0.15, 0.2) is 48.5 Å². The zero-order chi connectivity index (χ0) is 13.9. The quantitative estimate of drug-likeness (QED) is 0.804. The lowest BCUT2D eigenvalue weighted by atomic mass is 10.1. The van der Waals surface area contributed by atoms with Crippen LogP contribution in [0, 0.1) is 0 Å². The van der Waals surface area contributed by atoms with Crippen LogP contribution < -0.4 is 9.64 Å². The van der Waals surface area contributed by atoms with Crippen LogP contribution in [0.4, 0.5) is 5.69 Å². The molecule has 1 amide bonds. The van der Waals surface area contributed by atoms with E-state index in [1.165, 1.54) is 5.56 Å². The van der Waals surface area contributed by atoms with Crippen LogP contribution in [0.2, 0.25) is 0 Å². The molecule has 3 rings (SSSR count). The molecule has 0 bridgehead atoms. The third-order valence-corrected chi connectivity index (χ3v) is 3.69. The van der Waals surface area contributed by atoms with Crippen molar-refractivity contribution >= 4 is 27.5 Å². The number of carbonyl (C=O) groups is 1. The molecule has 2 aromatic carbocycles. The molecule has 0 atom stereocenters. The van der Waals surface area contributed by atoms with Gasteiger partial charge in [-0.25, -0.2) is 0 Å². The van der Waals surface area contributed by atoms with E-state index >= 15 is 0 Å². The number of benzene rings is 2. The highest BCUT2D eigenvalue weighted by atomic mass is 79.9. The minimum atomic E-state index is -0.00787. The first-order valence-electron chi connectivity index (χ1n) is 6.49. The van der Waals surface area contributed by atoms with Gasteiger partial charge in [-0.2, -0.15) is 0 Å². The van der Waals surface area contributed by atoms with E-state index in [-0.39, 0.29) is 5.91 Å². The van der Waals surface area contributed by atoms with Gasteiger partial charge in [0, 0.05) is 12.2 Å². The number of ether oxygens (including phenoxy) is 1. The van der Waals surface area contributed by atoms with Gasteiger partial charge in [-0.15, -0.1) is 0 Å². The molecule has 0 aromatic heterocycles. The molecule has 1 aliphatic rings. The van der Waals surface area contributed by atoms with E-state index in [1.807, 2.05) is 41.3 Å². The second-order valence-corrected chi connectivity index (χ2v) is 5.04. The summed E-state index contributed by atoms with van der Waals surface area (Å²) in [5, 5.41) is 0. The number of carbonyl (C=O) groups excluding carboxylic acids is 1. The first kappa shape index (κ1) is 13.2. The SMILES string of the molecule is O=C(c1ccccc1OCBr)N1CCc2ccccc21. The number of hydrogen-bond donors (Lipinski definition) is 0. The highest BCUT2D eigenvalue weighted by molar-refractivity contribution is 9.09. The average Bonchev–Trinajstić information content (AvgIpc) is 2.91. The summed E-state index contributed by atoms with van der Waals surface area (Å²) in [5.41, 5.74) is 3.20. The Morgan fingerprint density at radius 1 is 1.15 bits per heavy atom. The van der Waals surface area contributed by atoms with E-state index in [4.69, 9.17) is 4.74 Å². The predicted octanol–water partition coefficient (Wildman–Crippen LogP) is 3.62. The summed E-state index contributed by atoms with van der Waals surface area (Å²) in [4.78, 5) is 14.6. The molecule has 0 spiro atoms. The van der Waals surface area contributed by atoms with Gasteiger partial charge < -0.3 is 9.64 Å². The fourth-order valence-corrected chi connectivity index (χ4v) is 2.77. The van der Waals surface area contributed by atoms with Gasteiger partial charge in [0.2, 0.25) is 0 Å². The lowest BCUT2D eigenvalue weighted by Crippen LogP contribution is -2.29. The summed E-state index contributed by atoms with van der Waals surface area (Å²) in [7, 11) is 0. The van der Waals surface area contributed by atoms with E-state index in [1.54, 1.807) is 6.07 Å². The van der Waals surface area contributed by atoms with Crippen molar-refractivity contribution in [3.05, 3.63) is 59.7 Å². The molecule has 0 radical (unpaired) electrons. The van der Waals surface area contributed by atoms with Gasteiger partial charge in [0.15, 0.2) is 0 Å². The van der Waals surface area contributed by atoms with Crippen LogP contribution >= 0.6 is 15.9 Å². The minimum absolute atomic E-state index is 0.00787. The third-order valence-electron chi connectivity index (χ3n) is 3.46. The number of halogens is 1. The Morgan fingerprint density at radius 2 is 1.90 bits per heavy atom. The highest BCUT2D eigenvalue weighted by Gasteiger charge is 2.26. The molecule has 2 aromatic rings. The largest absolute Gasteiger partial charge is 0.482 e. The van der Waals surface area contributed by atoms with Crippen molar-refractivity contribution in [3.8, 4) is 5.75 Å². The van der Waals surface area contributed by atoms with E-state index in [0.29, 0.717) is 16.8 Å². The Kier molecular flexibility index (Phi) is 3.74.